The van der Waals surface area contributed by atoms with E-state index >= 15 is 0 Å². The number of aryl methyl sites for hydroxylation is 1. The maximum atomic E-state index is 12.6. The van der Waals surface area contributed by atoms with Gasteiger partial charge in [-0.3, -0.25) is 19.5 Å². The minimum absolute atomic E-state index is 0.327. The Hall–Kier alpha value is -2.61. The molecule has 0 fully saturated rings. The lowest BCUT2D eigenvalue weighted by Crippen LogP contribution is -2.25. The van der Waals surface area contributed by atoms with Crippen LogP contribution in [0.3, 0.4) is 0 Å². The maximum absolute atomic E-state index is 12.6. The summed E-state index contributed by atoms with van der Waals surface area (Å²) in [5, 5.41) is 12.1. The van der Waals surface area contributed by atoms with Gasteiger partial charge in [0.1, 0.15) is 0 Å². The molecular weight excluding hydrogens is 326 g/mol. The van der Waals surface area contributed by atoms with Gasteiger partial charge < -0.3 is 4.98 Å². The topological polar surface area (TPSA) is 92.7 Å². The molecule has 0 saturated carbocycles. The van der Waals surface area contributed by atoms with Crippen molar-refractivity contribution in [3.63, 3.8) is 0 Å². The monoisotopic (exact) mass is 341 g/mol. The Morgan fingerprint density at radius 2 is 2.12 bits per heavy atom. The summed E-state index contributed by atoms with van der Waals surface area (Å²) in [7, 11) is 0. The van der Waals surface area contributed by atoms with Crippen molar-refractivity contribution in [3.05, 3.63) is 35.5 Å². The Labute approximate surface area is 141 Å². The fourth-order valence-electron chi connectivity index (χ4n) is 2.92. The summed E-state index contributed by atoms with van der Waals surface area (Å²) in [5.41, 5.74) is 1.91. The Balaban J connectivity index is 1.63. The molecule has 0 unspecified atom stereocenters. The van der Waals surface area contributed by atoms with Gasteiger partial charge in [-0.2, -0.15) is 0 Å². The summed E-state index contributed by atoms with van der Waals surface area (Å²) < 4.78 is 1.83. The highest BCUT2D eigenvalue weighted by atomic mass is 32.2. The Kier molecular flexibility index (Phi) is 3.61. The second-order valence-electron chi connectivity index (χ2n) is 5.61. The number of thioether (sulfide) groups is 1. The molecule has 0 bridgehead atoms. The fourth-order valence-corrected chi connectivity index (χ4v) is 3.80. The number of nitrogens with one attached hydrogen (secondary N) is 2. The van der Waals surface area contributed by atoms with Gasteiger partial charge in [-0.25, -0.2) is 0 Å². The zero-order valence-electron chi connectivity index (χ0n) is 13.0. The molecule has 3 aromatic rings. The molecule has 0 atom stereocenters. The van der Waals surface area contributed by atoms with Gasteiger partial charge in [-0.15, -0.1) is 10.2 Å². The van der Waals surface area contributed by atoms with E-state index in [0.29, 0.717) is 17.2 Å². The predicted molar refractivity (Wildman–Crippen MR) is 91.4 cm³/mol. The first-order valence-electron chi connectivity index (χ1n) is 7.64. The summed E-state index contributed by atoms with van der Waals surface area (Å²) in [6.07, 6.45) is 0.980. The van der Waals surface area contributed by atoms with E-state index in [-0.39, 0.29) is 0 Å². The third-order valence-electron chi connectivity index (χ3n) is 4.03. The van der Waals surface area contributed by atoms with Gasteiger partial charge in [0.2, 0.25) is 5.95 Å². The van der Waals surface area contributed by atoms with Gasteiger partial charge in [0.15, 0.2) is 5.16 Å². The predicted octanol–water partition coefficient (Wildman–Crippen LogP) is 2.39. The number of rotatable bonds is 3. The number of aromatic nitrogens is 4. The molecule has 2 N–H and O–H groups in total. The number of carbonyl (C=O) groups is 2. The van der Waals surface area contributed by atoms with E-state index in [9.17, 15) is 9.59 Å². The van der Waals surface area contributed by atoms with Gasteiger partial charge in [-0.05, 0) is 19.4 Å². The van der Waals surface area contributed by atoms with Crippen LogP contribution in [0.5, 0.6) is 0 Å². The zero-order chi connectivity index (χ0) is 16.7. The third-order valence-corrected chi connectivity index (χ3v) is 5.08. The molecular formula is C16H15N5O2S. The van der Waals surface area contributed by atoms with Crippen LogP contribution in [0.2, 0.25) is 0 Å². The number of anilines is 1. The molecule has 0 spiro atoms. The van der Waals surface area contributed by atoms with Crippen LogP contribution in [0.15, 0.2) is 29.4 Å². The lowest BCUT2D eigenvalue weighted by molar-refractivity contribution is -0.112. The van der Waals surface area contributed by atoms with Gasteiger partial charge in [-0.1, -0.05) is 30.0 Å². The number of aromatic amines is 1. The fraction of sp³-hybridized carbons (Fsp3) is 0.250. The van der Waals surface area contributed by atoms with E-state index in [4.69, 9.17) is 0 Å². The Morgan fingerprint density at radius 1 is 1.29 bits per heavy atom. The van der Waals surface area contributed by atoms with Gasteiger partial charge in [0, 0.05) is 28.9 Å². The van der Waals surface area contributed by atoms with Crippen molar-refractivity contribution in [1.82, 2.24) is 19.7 Å². The van der Waals surface area contributed by atoms with Crippen molar-refractivity contribution in [1.29, 1.82) is 0 Å². The van der Waals surface area contributed by atoms with Crippen LogP contribution in [0.1, 0.15) is 22.5 Å². The van der Waals surface area contributed by atoms with Crippen molar-refractivity contribution in [2.75, 3.05) is 11.1 Å². The summed E-state index contributed by atoms with van der Waals surface area (Å²) in [6, 6.07) is 7.43. The summed E-state index contributed by atoms with van der Waals surface area (Å²) >= 11 is 1.60. The molecule has 0 radical (unpaired) electrons. The number of fused-ring (bicyclic) bond motifs is 2. The first-order valence-corrected chi connectivity index (χ1v) is 8.62. The van der Waals surface area contributed by atoms with E-state index in [1.54, 1.807) is 18.7 Å². The number of hydrogen-bond acceptors (Lipinski definition) is 5. The van der Waals surface area contributed by atoms with Crippen LogP contribution in [0.25, 0.3) is 10.9 Å². The standard InChI is InChI=1S/C16H15N5O2S/c1-9-12(10-5-2-3-6-11(10)17-9)13(22)14(23)18-15-19-20-16-21(15)7-4-8-24-16/h2-3,5-6,17H,4,7-8H2,1H3,(H,18,19,23). The number of H-pyrrole nitrogens is 1. The van der Waals surface area contributed by atoms with Gasteiger partial charge >= 0.3 is 0 Å². The van der Waals surface area contributed by atoms with Crippen molar-refractivity contribution in [3.8, 4) is 0 Å². The first kappa shape index (κ1) is 14.9. The summed E-state index contributed by atoms with van der Waals surface area (Å²) in [5.74, 6) is 0.0342. The van der Waals surface area contributed by atoms with Crippen LogP contribution < -0.4 is 5.32 Å². The highest BCUT2D eigenvalue weighted by molar-refractivity contribution is 7.99. The normalized spacial score (nSPS) is 13.7. The Bertz CT molecular complexity index is 959. The van der Waals surface area contributed by atoms with Gasteiger partial charge in [0.05, 0.1) is 5.56 Å². The average Bonchev–Trinajstić information content (AvgIpc) is 3.14. The molecule has 4 rings (SSSR count). The molecule has 1 aromatic carbocycles. The smallest absolute Gasteiger partial charge is 0.299 e. The van der Waals surface area contributed by atoms with E-state index in [2.05, 4.69) is 20.5 Å². The van der Waals surface area contributed by atoms with Crippen LogP contribution in [-0.4, -0.2) is 37.2 Å². The molecule has 0 aliphatic carbocycles. The van der Waals surface area contributed by atoms with Crippen LogP contribution >= 0.6 is 11.8 Å². The molecule has 2 aromatic heterocycles. The molecule has 1 aliphatic rings. The van der Waals surface area contributed by atoms with Crippen LogP contribution in [0, 0.1) is 6.92 Å². The van der Waals surface area contributed by atoms with E-state index in [0.717, 1.165) is 34.8 Å². The van der Waals surface area contributed by atoms with E-state index in [1.807, 2.05) is 28.8 Å². The molecule has 3 heterocycles. The lowest BCUT2D eigenvalue weighted by Gasteiger charge is -2.13. The molecule has 1 aliphatic heterocycles. The molecule has 8 heteroatoms. The van der Waals surface area contributed by atoms with E-state index in [1.165, 1.54) is 0 Å². The Morgan fingerprint density at radius 3 is 3.00 bits per heavy atom. The highest BCUT2D eigenvalue weighted by Crippen LogP contribution is 2.26. The number of ketones is 1. The number of amides is 1. The van der Waals surface area contributed by atoms with Crippen LogP contribution in [-0.2, 0) is 11.3 Å². The van der Waals surface area contributed by atoms with Crippen molar-refractivity contribution >= 4 is 40.3 Å². The number of carbonyl (C=O) groups excluding carboxylic acids is 2. The maximum Gasteiger partial charge on any atom is 0.299 e. The highest BCUT2D eigenvalue weighted by Gasteiger charge is 2.25. The first-order chi connectivity index (χ1) is 11.6. The largest absolute Gasteiger partial charge is 0.358 e. The van der Waals surface area contributed by atoms with E-state index < -0.39 is 11.7 Å². The number of nitrogens with zero attached hydrogens (tertiary/aromatic N) is 3. The molecule has 0 saturated heterocycles. The van der Waals surface area contributed by atoms with Crippen molar-refractivity contribution < 1.29 is 9.59 Å². The number of Topliss-reactive ketones (excluding diaryl/α,β-unsaturated/α-hetero) is 1. The van der Waals surface area contributed by atoms with Crippen molar-refractivity contribution in [2.24, 2.45) is 0 Å². The number of benzene rings is 1. The second-order valence-corrected chi connectivity index (χ2v) is 6.68. The molecule has 1 amide bonds. The number of hydrogen-bond donors (Lipinski definition) is 2. The molecule has 24 heavy (non-hydrogen) atoms. The minimum atomic E-state index is -0.700. The third kappa shape index (κ3) is 2.39. The van der Waals surface area contributed by atoms with Crippen LogP contribution in [0.4, 0.5) is 5.95 Å². The SMILES string of the molecule is Cc1[nH]c2ccccc2c1C(=O)C(=O)Nc1nnc2n1CCCS2. The average molecular weight is 341 g/mol. The van der Waals surface area contributed by atoms with Gasteiger partial charge in [0.25, 0.3) is 11.7 Å². The minimum Gasteiger partial charge on any atom is -0.358 e. The molecule has 7 nitrogen and oxygen atoms in total. The lowest BCUT2D eigenvalue weighted by atomic mass is 10.1. The second kappa shape index (κ2) is 5.79. The summed E-state index contributed by atoms with van der Waals surface area (Å²) in [4.78, 5) is 28.2. The quantitative estimate of drug-likeness (QED) is 0.564. The molecule has 122 valence electrons. The summed E-state index contributed by atoms with van der Waals surface area (Å²) in [6.45, 7) is 2.53. The zero-order valence-corrected chi connectivity index (χ0v) is 13.8. The van der Waals surface area contributed by atoms with Crippen molar-refractivity contribution in [2.45, 2.75) is 25.0 Å². The number of para-hydroxylation sites is 1.